The van der Waals surface area contributed by atoms with E-state index in [0.29, 0.717) is 29.2 Å². The zero-order valence-electron chi connectivity index (χ0n) is 13.8. The first-order valence-electron chi connectivity index (χ1n) is 7.82. The number of thioether (sulfide) groups is 1. The topological polar surface area (TPSA) is 89.6 Å². The third-order valence-corrected chi connectivity index (χ3v) is 5.85. The summed E-state index contributed by atoms with van der Waals surface area (Å²) in [7, 11) is 0. The second-order valence-electron chi connectivity index (χ2n) is 5.32. The Morgan fingerprint density at radius 3 is 2.92 bits per heavy atom. The number of hydrogen-bond acceptors (Lipinski definition) is 7. The molecule has 24 heavy (non-hydrogen) atoms. The molecule has 0 spiro atoms. The fourth-order valence-electron chi connectivity index (χ4n) is 2.35. The monoisotopic (exact) mass is 365 g/mol. The van der Waals surface area contributed by atoms with Crippen LogP contribution in [0.15, 0.2) is 20.4 Å². The average molecular weight is 365 g/mol. The largest absolute Gasteiger partial charge is 0.419 e. The van der Waals surface area contributed by atoms with Crippen molar-refractivity contribution in [1.82, 2.24) is 25.0 Å². The molecule has 0 saturated carbocycles. The smallest absolute Gasteiger partial charge is 0.343 e. The molecule has 9 heteroatoms. The fourth-order valence-corrected chi connectivity index (χ4v) is 4.19. The molecule has 0 fully saturated rings. The lowest BCUT2D eigenvalue weighted by molar-refractivity contribution is 0.529. The van der Waals surface area contributed by atoms with Gasteiger partial charge in [0.2, 0.25) is 5.89 Å². The Balaban J connectivity index is 1.71. The van der Waals surface area contributed by atoms with E-state index in [4.69, 9.17) is 4.42 Å². The minimum absolute atomic E-state index is 0.188. The number of rotatable bonds is 7. The van der Waals surface area contributed by atoms with E-state index in [1.807, 2.05) is 6.92 Å². The molecule has 0 aliphatic carbocycles. The van der Waals surface area contributed by atoms with Gasteiger partial charge in [0.25, 0.3) is 5.89 Å². The molecule has 0 radical (unpaired) electrons. The molecule has 0 aromatic carbocycles. The van der Waals surface area contributed by atoms with Crippen molar-refractivity contribution < 1.29 is 4.42 Å². The Morgan fingerprint density at radius 2 is 2.21 bits per heavy atom. The van der Waals surface area contributed by atoms with E-state index in [0.717, 1.165) is 17.7 Å². The molecule has 128 valence electrons. The van der Waals surface area contributed by atoms with Crippen molar-refractivity contribution >= 4 is 23.1 Å². The van der Waals surface area contributed by atoms with Gasteiger partial charge in [-0.25, -0.2) is 9.89 Å². The number of nitrogens with one attached hydrogen (secondary N) is 1. The van der Waals surface area contributed by atoms with E-state index >= 15 is 0 Å². The van der Waals surface area contributed by atoms with Gasteiger partial charge in [-0.05, 0) is 31.4 Å². The molecule has 0 aliphatic rings. The predicted molar refractivity (Wildman–Crippen MR) is 94.4 cm³/mol. The second kappa shape index (κ2) is 7.35. The molecule has 7 nitrogen and oxygen atoms in total. The predicted octanol–water partition coefficient (Wildman–Crippen LogP) is 3.26. The maximum atomic E-state index is 11.7. The first-order chi connectivity index (χ1) is 11.6. The molecule has 3 aromatic heterocycles. The van der Waals surface area contributed by atoms with E-state index < -0.39 is 0 Å². The highest BCUT2D eigenvalue weighted by Crippen LogP contribution is 2.31. The number of aromatic nitrogens is 5. The van der Waals surface area contributed by atoms with Gasteiger partial charge >= 0.3 is 5.69 Å². The van der Waals surface area contributed by atoms with E-state index in [2.05, 4.69) is 40.3 Å². The maximum Gasteiger partial charge on any atom is 0.343 e. The van der Waals surface area contributed by atoms with Gasteiger partial charge < -0.3 is 4.42 Å². The van der Waals surface area contributed by atoms with Crippen molar-refractivity contribution in [2.24, 2.45) is 0 Å². The third-order valence-electron chi connectivity index (χ3n) is 3.51. The van der Waals surface area contributed by atoms with Crippen LogP contribution in [0.2, 0.25) is 0 Å². The van der Waals surface area contributed by atoms with Crippen molar-refractivity contribution in [2.75, 3.05) is 0 Å². The zero-order chi connectivity index (χ0) is 17.1. The van der Waals surface area contributed by atoms with Crippen LogP contribution in [-0.4, -0.2) is 25.0 Å². The van der Waals surface area contributed by atoms with Gasteiger partial charge in [0, 0.05) is 11.4 Å². The molecule has 0 atom stereocenters. The summed E-state index contributed by atoms with van der Waals surface area (Å²) in [6, 6.07) is 2.08. The SMILES string of the molecule is CCCn1c(SCc2nnc(-c3cc(C)c(CC)s3)o2)n[nH]c1=O. The zero-order valence-corrected chi connectivity index (χ0v) is 15.5. The Kier molecular flexibility index (Phi) is 5.20. The first kappa shape index (κ1) is 17.0. The number of thiophene rings is 1. The van der Waals surface area contributed by atoms with Crippen molar-refractivity contribution in [3.8, 4) is 10.8 Å². The molecule has 0 aliphatic heterocycles. The van der Waals surface area contributed by atoms with E-state index in [9.17, 15) is 4.79 Å². The Hall–Kier alpha value is -1.87. The van der Waals surface area contributed by atoms with Gasteiger partial charge in [0.15, 0.2) is 5.16 Å². The summed E-state index contributed by atoms with van der Waals surface area (Å²) in [5.41, 5.74) is 1.07. The van der Waals surface area contributed by atoms with Crippen LogP contribution in [0.25, 0.3) is 10.8 Å². The Labute approximate surface area is 147 Å². The molecule has 0 saturated heterocycles. The van der Waals surface area contributed by atoms with Gasteiger partial charge in [-0.1, -0.05) is 25.6 Å². The number of aryl methyl sites for hydroxylation is 2. The second-order valence-corrected chi connectivity index (χ2v) is 7.40. The van der Waals surface area contributed by atoms with Crippen LogP contribution < -0.4 is 5.69 Å². The molecule has 3 heterocycles. The number of H-pyrrole nitrogens is 1. The maximum absolute atomic E-state index is 11.7. The minimum atomic E-state index is -0.188. The van der Waals surface area contributed by atoms with E-state index in [-0.39, 0.29) is 5.69 Å². The van der Waals surface area contributed by atoms with E-state index in [1.165, 1.54) is 22.2 Å². The summed E-state index contributed by atoms with van der Waals surface area (Å²) in [5.74, 6) is 1.55. The average Bonchev–Trinajstić information content (AvgIpc) is 3.26. The summed E-state index contributed by atoms with van der Waals surface area (Å²) in [5, 5.41) is 15.4. The lowest BCUT2D eigenvalue weighted by Crippen LogP contribution is -2.17. The lowest BCUT2D eigenvalue weighted by Gasteiger charge is -2.01. The fraction of sp³-hybridized carbons (Fsp3) is 0.467. The van der Waals surface area contributed by atoms with Crippen LogP contribution in [0, 0.1) is 6.92 Å². The van der Waals surface area contributed by atoms with Gasteiger partial charge in [-0.2, -0.15) is 0 Å². The lowest BCUT2D eigenvalue weighted by atomic mass is 10.2. The van der Waals surface area contributed by atoms with E-state index in [1.54, 1.807) is 15.9 Å². The quantitative estimate of drug-likeness (QED) is 0.646. The Bertz CT molecular complexity index is 877. The van der Waals surface area contributed by atoms with Crippen LogP contribution >= 0.6 is 23.1 Å². The summed E-state index contributed by atoms with van der Waals surface area (Å²) >= 11 is 3.10. The highest BCUT2D eigenvalue weighted by molar-refractivity contribution is 7.98. The first-order valence-corrected chi connectivity index (χ1v) is 9.62. The molecule has 0 unspecified atom stereocenters. The van der Waals surface area contributed by atoms with Crippen LogP contribution in [0.1, 0.15) is 36.6 Å². The minimum Gasteiger partial charge on any atom is -0.419 e. The number of aromatic amines is 1. The normalized spacial score (nSPS) is 11.3. The van der Waals surface area contributed by atoms with Crippen LogP contribution in [0.4, 0.5) is 0 Å². The molecular weight excluding hydrogens is 346 g/mol. The van der Waals surface area contributed by atoms with Crippen molar-refractivity contribution in [3.05, 3.63) is 32.9 Å². The Morgan fingerprint density at radius 1 is 1.38 bits per heavy atom. The summed E-state index contributed by atoms with van der Waals surface area (Å²) in [6.07, 6.45) is 1.87. The van der Waals surface area contributed by atoms with Crippen LogP contribution in [0.3, 0.4) is 0 Å². The number of hydrogen-bond donors (Lipinski definition) is 1. The van der Waals surface area contributed by atoms with Gasteiger partial charge in [-0.15, -0.1) is 26.6 Å². The standard InChI is InChI=1S/C15H19N5O2S2/c1-4-6-20-14(21)18-19-15(20)23-8-12-16-17-13(22-12)11-7-9(3)10(5-2)24-11/h7H,4-6,8H2,1-3H3,(H,18,21). The van der Waals surface area contributed by atoms with Crippen LogP contribution in [-0.2, 0) is 18.7 Å². The molecular formula is C15H19N5O2S2. The van der Waals surface area contributed by atoms with Crippen molar-refractivity contribution in [3.63, 3.8) is 0 Å². The van der Waals surface area contributed by atoms with Crippen molar-refractivity contribution in [2.45, 2.75) is 51.1 Å². The highest BCUT2D eigenvalue weighted by atomic mass is 32.2. The molecule has 0 bridgehead atoms. The highest BCUT2D eigenvalue weighted by Gasteiger charge is 2.15. The molecule has 1 N–H and O–H groups in total. The molecule has 0 amide bonds. The van der Waals surface area contributed by atoms with Crippen molar-refractivity contribution in [1.29, 1.82) is 0 Å². The summed E-state index contributed by atoms with van der Waals surface area (Å²) in [4.78, 5) is 14.0. The molecule has 3 aromatic rings. The van der Waals surface area contributed by atoms with Gasteiger partial charge in [0.1, 0.15) is 0 Å². The summed E-state index contributed by atoms with van der Waals surface area (Å²) < 4.78 is 7.38. The van der Waals surface area contributed by atoms with Gasteiger partial charge in [-0.3, -0.25) is 4.57 Å². The molecule has 3 rings (SSSR count). The van der Waals surface area contributed by atoms with Crippen LogP contribution in [0.5, 0.6) is 0 Å². The summed E-state index contributed by atoms with van der Waals surface area (Å²) in [6.45, 7) is 6.89. The third kappa shape index (κ3) is 3.46. The van der Waals surface area contributed by atoms with Gasteiger partial charge in [0.05, 0.1) is 10.6 Å². The number of nitrogens with zero attached hydrogens (tertiary/aromatic N) is 4.